The minimum Gasteiger partial charge on any atom is -0.481 e. The Kier molecular flexibility index (Phi) is 6.91. The molecule has 2 aliphatic carbocycles. The van der Waals surface area contributed by atoms with E-state index in [2.05, 4.69) is 34.9 Å². The van der Waals surface area contributed by atoms with Gasteiger partial charge < -0.3 is 20.5 Å². The zero-order valence-corrected chi connectivity index (χ0v) is 19.7. The fourth-order valence-corrected chi connectivity index (χ4v) is 4.67. The highest BCUT2D eigenvalue weighted by Gasteiger charge is 2.35. The van der Waals surface area contributed by atoms with E-state index in [4.69, 9.17) is 4.74 Å². The fraction of sp³-hybridized carbons (Fsp3) is 0.444. The summed E-state index contributed by atoms with van der Waals surface area (Å²) in [5.74, 6) is -1.44. The number of alkyl carbamates (subject to hydrolysis) is 1. The Morgan fingerprint density at radius 3 is 2.12 bits per heavy atom. The van der Waals surface area contributed by atoms with Crippen LogP contribution in [-0.4, -0.2) is 42.8 Å². The average Bonchev–Trinajstić information content (AvgIpc) is 3.11. The van der Waals surface area contributed by atoms with E-state index in [1.807, 2.05) is 24.3 Å². The number of aliphatic carboxylic acids is 1. The van der Waals surface area contributed by atoms with Crippen molar-refractivity contribution < 1.29 is 24.2 Å². The van der Waals surface area contributed by atoms with Crippen LogP contribution in [0.4, 0.5) is 4.79 Å². The summed E-state index contributed by atoms with van der Waals surface area (Å²) in [5, 5.41) is 14.8. The molecule has 0 bridgehead atoms. The van der Waals surface area contributed by atoms with Gasteiger partial charge in [-0.1, -0.05) is 55.0 Å². The van der Waals surface area contributed by atoms with Crippen LogP contribution in [-0.2, 0) is 14.3 Å². The van der Waals surface area contributed by atoms with Gasteiger partial charge in [0.1, 0.15) is 6.61 Å². The molecule has 4 rings (SSSR count). The lowest BCUT2D eigenvalue weighted by Crippen LogP contribution is -2.47. The van der Waals surface area contributed by atoms with Crippen LogP contribution in [0.3, 0.4) is 0 Å². The normalized spacial score (nSPS) is 16.1. The zero-order valence-electron chi connectivity index (χ0n) is 19.7. The molecule has 0 radical (unpaired) electrons. The predicted molar refractivity (Wildman–Crippen MR) is 128 cm³/mol. The van der Waals surface area contributed by atoms with Gasteiger partial charge >= 0.3 is 12.1 Å². The van der Waals surface area contributed by atoms with E-state index in [0.29, 0.717) is 0 Å². The number of fused-ring (bicyclic) bond motifs is 3. The van der Waals surface area contributed by atoms with Gasteiger partial charge in [0, 0.05) is 19.0 Å². The van der Waals surface area contributed by atoms with Crippen LogP contribution in [0.1, 0.15) is 50.2 Å². The van der Waals surface area contributed by atoms with Crippen LogP contribution >= 0.6 is 0 Å². The number of carbonyl (C=O) groups excluding carboxylic acids is 2. The molecule has 0 aromatic heterocycles. The first-order valence-electron chi connectivity index (χ1n) is 11.9. The van der Waals surface area contributed by atoms with E-state index in [0.717, 1.165) is 41.5 Å². The third kappa shape index (κ3) is 4.93. The van der Waals surface area contributed by atoms with Gasteiger partial charge in [-0.2, -0.15) is 0 Å². The molecule has 2 aromatic rings. The van der Waals surface area contributed by atoms with E-state index in [1.165, 1.54) is 0 Å². The molecule has 1 unspecified atom stereocenters. The summed E-state index contributed by atoms with van der Waals surface area (Å²) in [6, 6.07) is 16.3. The van der Waals surface area contributed by atoms with Crippen molar-refractivity contribution in [2.75, 3.05) is 19.7 Å². The van der Waals surface area contributed by atoms with Gasteiger partial charge in [-0.3, -0.25) is 9.59 Å². The van der Waals surface area contributed by atoms with Gasteiger partial charge in [0.25, 0.3) is 0 Å². The van der Waals surface area contributed by atoms with Gasteiger partial charge in [0.15, 0.2) is 0 Å². The molecule has 0 aliphatic heterocycles. The quantitative estimate of drug-likeness (QED) is 0.517. The molecule has 1 saturated carbocycles. The van der Waals surface area contributed by atoms with Crippen molar-refractivity contribution in [3.05, 3.63) is 59.7 Å². The summed E-state index contributed by atoms with van der Waals surface area (Å²) in [5.41, 5.74) is 3.56. The van der Waals surface area contributed by atoms with Gasteiger partial charge in [-0.25, -0.2) is 4.79 Å². The minimum absolute atomic E-state index is 0.0258. The Balaban J connectivity index is 1.33. The molecular weight excluding hydrogens is 432 g/mol. The van der Waals surface area contributed by atoms with E-state index in [-0.39, 0.29) is 37.4 Å². The molecule has 2 aromatic carbocycles. The first-order chi connectivity index (χ1) is 16.3. The van der Waals surface area contributed by atoms with Crippen LogP contribution in [0.5, 0.6) is 0 Å². The molecule has 3 N–H and O–H groups in total. The van der Waals surface area contributed by atoms with Crippen molar-refractivity contribution in [1.82, 2.24) is 10.6 Å². The number of rotatable bonds is 9. The Morgan fingerprint density at radius 2 is 1.59 bits per heavy atom. The minimum atomic E-state index is -1.06. The molecule has 2 amide bonds. The first-order valence-corrected chi connectivity index (χ1v) is 11.9. The van der Waals surface area contributed by atoms with Crippen LogP contribution in [0.2, 0.25) is 0 Å². The molecule has 0 spiro atoms. The van der Waals surface area contributed by atoms with E-state index < -0.39 is 23.4 Å². The highest BCUT2D eigenvalue weighted by molar-refractivity contribution is 5.82. The number of amides is 2. The smallest absolute Gasteiger partial charge is 0.407 e. The molecule has 34 heavy (non-hydrogen) atoms. The third-order valence-electron chi connectivity index (χ3n) is 7.15. The largest absolute Gasteiger partial charge is 0.481 e. The van der Waals surface area contributed by atoms with Crippen molar-refractivity contribution in [3.63, 3.8) is 0 Å². The van der Waals surface area contributed by atoms with Crippen molar-refractivity contribution >= 4 is 18.0 Å². The topological polar surface area (TPSA) is 105 Å². The molecule has 1 atom stereocenters. The summed E-state index contributed by atoms with van der Waals surface area (Å²) in [7, 11) is 0. The average molecular weight is 465 g/mol. The van der Waals surface area contributed by atoms with Crippen LogP contribution < -0.4 is 10.6 Å². The van der Waals surface area contributed by atoms with Gasteiger partial charge in [0.05, 0.1) is 11.3 Å². The number of carboxylic acids is 1. The van der Waals surface area contributed by atoms with Crippen molar-refractivity contribution in [1.29, 1.82) is 0 Å². The van der Waals surface area contributed by atoms with Gasteiger partial charge in [0.2, 0.25) is 5.91 Å². The molecule has 7 heteroatoms. The van der Waals surface area contributed by atoms with Gasteiger partial charge in [-0.15, -0.1) is 0 Å². The molecule has 0 heterocycles. The maximum Gasteiger partial charge on any atom is 0.407 e. The van der Waals surface area contributed by atoms with Crippen molar-refractivity contribution in [2.24, 2.45) is 17.3 Å². The van der Waals surface area contributed by atoms with E-state index in [9.17, 15) is 19.5 Å². The number of nitrogens with one attached hydrogen (secondary N) is 2. The second-order valence-electron chi connectivity index (χ2n) is 9.91. The highest BCUT2D eigenvalue weighted by atomic mass is 16.5. The summed E-state index contributed by atoms with van der Waals surface area (Å²) in [6.07, 6.45) is 2.35. The molecule has 180 valence electrons. The number of carbonyl (C=O) groups is 3. The summed E-state index contributed by atoms with van der Waals surface area (Å²) >= 11 is 0. The molecule has 1 fully saturated rings. The number of ether oxygens (including phenoxy) is 1. The molecule has 0 saturated heterocycles. The molecular formula is C27H32N2O5. The van der Waals surface area contributed by atoms with Crippen LogP contribution in [0.25, 0.3) is 11.1 Å². The monoisotopic (exact) mass is 464 g/mol. The Hall–Kier alpha value is -3.35. The maximum atomic E-state index is 12.8. The lowest BCUT2D eigenvalue weighted by Gasteiger charge is -2.33. The number of hydrogen-bond acceptors (Lipinski definition) is 4. The highest BCUT2D eigenvalue weighted by Crippen LogP contribution is 2.44. The Bertz CT molecular complexity index is 1030. The SMILES string of the molecule is CC(C)(CNC(=O)C(CNC(=O)OCC1c2ccccc2-c2ccccc21)C1CCC1)C(=O)O. The Morgan fingerprint density at radius 1 is 1.00 bits per heavy atom. The summed E-state index contributed by atoms with van der Waals surface area (Å²) in [6.45, 7) is 3.56. The third-order valence-corrected chi connectivity index (χ3v) is 7.15. The van der Waals surface area contributed by atoms with E-state index in [1.54, 1.807) is 13.8 Å². The second-order valence-corrected chi connectivity index (χ2v) is 9.91. The fourth-order valence-electron chi connectivity index (χ4n) is 4.67. The number of carboxylic acid groups (broad SMARTS) is 1. The summed E-state index contributed by atoms with van der Waals surface area (Å²) in [4.78, 5) is 36.7. The lowest BCUT2D eigenvalue weighted by atomic mass is 9.75. The predicted octanol–water partition coefficient (Wildman–Crippen LogP) is 4.17. The van der Waals surface area contributed by atoms with Crippen molar-refractivity contribution in [2.45, 2.75) is 39.0 Å². The Labute approximate surface area is 199 Å². The molecule has 7 nitrogen and oxygen atoms in total. The maximum absolute atomic E-state index is 12.8. The van der Waals surface area contributed by atoms with E-state index >= 15 is 0 Å². The standard InChI is InChI=1S/C27H32N2O5/c1-27(2,25(31)32)16-29-24(30)22(17-8-7-9-17)14-28-26(33)34-15-23-20-12-5-3-10-18(20)19-11-4-6-13-21(19)23/h3-6,10-13,17,22-23H,7-9,14-16H2,1-2H3,(H,28,33)(H,29,30)(H,31,32). The van der Waals surface area contributed by atoms with Crippen LogP contribution in [0.15, 0.2) is 48.5 Å². The first kappa shape index (κ1) is 23.8. The second kappa shape index (κ2) is 9.87. The van der Waals surface area contributed by atoms with Crippen molar-refractivity contribution in [3.8, 4) is 11.1 Å². The number of benzene rings is 2. The summed E-state index contributed by atoms with van der Waals surface area (Å²) < 4.78 is 5.59. The zero-order chi connectivity index (χ0) is 24.3. The molecule has 2 aliphatic rings. The lowest BCUT2D eigenvalue weighted by molar-refractivity contribution is -0.147. The van der Waals surface area contributed by atoms with Gasteiger partial charge in [-0.05, 0) is 54.9 Å². The number of hydrogen-bond donors (Lipinski definition) is 3. The van der Waals surface area contributed by atoms with Crippen LogP contribution in [0, 0.1) is 17.3 Å².